The molecular weight excluding hydrogens is 314 g/mol. The highest BCUT2D eigenvalue weighted by Gasteiger charge is 2.23. The molecule has 0 bridgehead atoms. The minimum Gasteiger partial charge on any atom is -0.482 e. The zero-order valence-electron chi connectivity index (χ0n) is 12.0. The number of nitrogens with one attached hydrogen (secondary N) is 1. The summed E-state index contributed by atoms with van der Waals surface area (Å²) in [5.41, 5.74) is 6.26. The van der Waals surface area contributed by atoms with Gasteiger partial charge in [0.15, 0.2) is 0 Å². The fraction of sp³-hybridized carbons (Fsp3) is 0.294. The molecule has 3 rings (SSSR count). The molecule has 2 nitrogen and oxygen atoms in total. The van der Waals surface area contributed by atoms with E-state index < -0.39 is 0 Å². The van der Waals surface area contributed by atoms with E-state index in [-0.39, 0.29) is 6.10 Å². The monoisotopic (exact) mass is 331 g/mol. The third-order valence-corrected chi connectivity index (χ3v) is 4.24. The van der Waals surface area contributed by atoms with Gasteiger partial charge < -0.3 is 10.1 Å². The van der Waals surface area contributed by atoms with Gasteiger partial charge >= 0.3 is 0 Å². The molecule has 1 N–H and O–H groups in total. The van der Waals surface area contributed by atoms with Gasteiger partial charge in [0, 0.05) is 4.47 Å². The van der Waals surface area contributed by atoms with Crippen molar-refractivity contribution in [1.29, 1.82) is 0 Å². The Morgan fingerprint density at radius 2 is 1.80 bits per heavy atom. The Balaban J connectivity index is 1.96. The maximum absolute atomic E-state index is 6.19. The number of ether oxygens (including phenoxy) is 1. The summed E-state index contributed by atoms with van der Waals surface area (Å²) in [6, 6.07) is 10.5. The minimum absolute atomic E-state index is 0.0734. The number of benzene rings is 2. The van der Waals surface area contributed by atoms with Gasteiger partial charge in [0.2, 0.25) is 0 Å². The summed E-state index contributed by atoms with van der Waals surface area (Å²) >= 11 is 3.49. The largest absolute Gasteiger partial charge is 0.482 e. The van der Waals surface area contributed by atoms with Crippen LogP contribution in [0.25, 0.3) is 0 Å². The average molecular weight is 332 g/mol. The summed E-state index contributed by atoms with van der Waals surface area (Å²) in [6.07, 6.45) is 0.0734. The molecule has 0 saturated heterocycles. The molecule has 1 atom stereocenters. The summed E-state index contributed by atoms with van der Waals surface area (Å²) in [6.45, 7) is 7.26. The third kappa shape index (κ3) is 2.42. The summed E-state index contributed by atoms with van der Waals surface area (Å²) in [5, 5.41) is 3.47. The second-order valence-electron chi connectivity index (χ2n) is 5.44. The van der Waals surface area contributed by atoms with E-state index in [1.54, 1.807) is 0 Å². The molecule has 104 valence electrons. The molecule has 2 aromatic carbocycles. The van der Waals surface area contributed by atoms with Crippen molar-refractivity contribution in [3.8, 4) is 5.75 Å². The maximum atomic E-state index is 6.19. The van der Waals surface area contributed by atoms with Crippen LogP contribution in [-0.4, -0.2) is 6.54 Å². The van der Waals surface area contributed by atoms with Gasteiger partial charge in [-0.3, -0.25) is 0 Å². The Bertz CT molecular complexity index is 643. The van der Waals surface area contributed by atoms with E-state index in [2.05, 4.69) is 60.2 Å². The van der Waals surface area contributed by atoms with E-state index in [4.69, 9.17) is 4.74 Å². The summed E-state index contributed by atoms with van der Waals surface area (Å²) in [7, 11) is 0. The van der Waals surface area contributed by atoms with E-state index in [1.807, 2.05) is 12.1 Å². The van der Waals surface area contributed by atoms with E-state index >= 15 is 0 Å². The van der Waals surface area contributed by atoms with Crippen LogP contribution < -0.4 is 10.1 Å². The molecule has 0 saturated carbocycles. The maximum Gasteiger partial charge on any atom is 0.143 e. The van der Waals surface area contributed by atoms with Crippen LogP contribution in [0.4, 0.5) is 5.69 Å². The summed E-state index contributed by atoms with van der Waals surface area (Å²) in [4.78, 5) is 0. The molecule has 1 aliphatic rings. The lowest BCUT2D eigenvalue weighted by atomic mass is 9.95. The Morgan fingerprint density at radius 1 is 1.10 bits per heavy atom. The quantitative estimate of drug-likeness (QED) is 0.800. The molecule has 0 spiro atoms. The first-order valence-electron chi connectivity index (χ1n) is 6.82. The number of hydrogen-bond acceptors (Lipinski definition) is 2. The number of anilines is 1. The lowest BCUT2D eigenvalue weighted by Crippen LogP contribution is -2.25. The Morgan fingerprint density at radius 3 is 2.50 bits per heavy atom. The van der Waals surface area contributed by atoms with Crippen molar-refractivity contribution < 1.29 is 4.74 Å². The number of aryl methyl sites for hydroxylation is 3. The average Bonchev–Trinajstić information content (AvgIpc) is 2.37. The van der Waals surface area contributed by atoms with Gasteiger partial charge in [-0.25, -0.2) is 0 Å². The molecule has 0 fully saturated rings. The SMILES string of the molecule is Cc1cc(C)c(C2CNc3cc(Br)ccc3O2)c(C)c1. The Kier molecular flexibility index (Phi) is 3.47. The smallest absolute Gasteiger partial charge is 0.143 e. The first kappa shape index (κ1) is 13.5. The van der Waals surface area contributed by atoms with Gasteiger partial charge in [-0.15, -0.1) is 0 Å². The van der Waals surface area contributed by atoms with Crippen LogP contribution in [0.1, 0.15) is 28.4 Å². The first-order valence-corrected chi connectivity index (χ1v) is 7.62. The molecule has 0 amide bonds. The van der Waals surface area contributed by atoms with Crippen molar-refractivity contribution >= 4 is 21.6 Å². The van der Waals surface area contributed by atoms with E-state index in [1.165, 1.54) is 22.3 Å². The van der Waals surface area contributed by atoms with Crippen molar-refractivity contribution in [3.63, 3.8) is 0 Å². The third-order valence-electron chi connectivity index (χ3n) is 3.75. The standard InChI is InChI=1S/C17H18BrNO/c1-10-6-11(2)17(12(3)7-10)16-9-19-14-8-13(18)4-5-15(14)20-16/h4-8,16,19H,9H2,1-3H3. The fourth-order valence-corrected chi connectivity index (χ4v) is 3.36. The number of halogens is 1. The van der Waals surface area contributed by atoms with E-state index in [0.29, 0.717) is 0 Å². The fourth-order valence-electron chi connectivity index (χ4n) is 3.00. The number of fused-ring (bicyclic) bond motifs is 1. The normalized spacial score (nSPS) is 17.1. The summed E-state index contributed by atoms with van der Waals surface area (Å²) < 4.78 is 7.25. The molecule has 1 unspecified atom stereocenters. The predicted octanol–water partition coefficient (Wildman–Crippen LogP) is 4.92. The Labute approximate surface area is 128 Å². The minimum atomic E-state index is 0.0734. The lowest BCUT2D eigenvalue weighted by Gasteiger charge is -2.30. The van der Waals surface area contributed by atoms with Crippen LogP contribution >= 0.6 is 15.9 Å². The van der Waals surface area contributed by atoms with Crippen molar-refractivity contribution in [2.24, 2.45) is 0 Å². The lowest BCUT2D eigenvalue weighted by molar-refractivity contribution is 0.209. The first-order chi connectivity index (χ1) is 9.54. The molecule has 1 aliphatic heterocycles. The van der Waals surface area contributed by atoms with Gasteiger partial charge in [-0.2, -0.15) is 0 Å². The van der Waals surface area contributed by atoms with Gasteiger partial charge in [-0.1, -0.05) is 33.6 Å². The molecular formula is C17H18BrNO. The van der Waals surface area contributed by atoms with Gasteiger partial charge in [-0.05, 0) is 55.7 Å². The van der Waals surface area contributed by atoms with Crippen LogP contribution in [0.5, 0.6) is 5.75 Å². The van der Waals surface area contributed by atoms with Crippen molar-refractivity contribution in [1.82, 2.24) is 0 Å². The van der Waals surface area contributed by atoms with Crippen LogP contribution in [0.15, 0.2) is 34.8 Å². The van der Waals surface area contributed by atoms with Crippen LogP contribution in [0.2, 0.25) is 0 Å². The van der Waals surface area contributed by atoms with Gasteiger partial charge in [0.05, 0.1) is 12.2 Å². The molecule has 1 heterocycles. The predicted molar refractivity (Wildman–Crippen MR) is 86.7 cm³/mol. The van der Waals surface area contributed by atoms with E-state index in [0.717, 1.165) is 22.5 Å². The summed E-state index contributed by atoms with van der Waals surface area (Å²) in [5.74, 6) is 0.920. The molecule has 2 aromatic rings. The molecule has 20 heavy (non-hydrogen) atoms. The second kappa shape index (κ2) is 5.13. The highest BCUT2D eigenvalue weighted by atomic mass is 79.9. The number of rotatable bonds is 1. The second-order valence-corrected chi connectivity index (χ2v) is 6.36. The van der Waals surface area contributed by atoms with Gasteiger partial charge in [0.1, 0.15) is 11.9 Å². The molecule has 0 aliphatic carbocycles. The van der Waals surface area contributed by atoms with E-state index in [9.17, 15) is 0 Å². The highest BCUT2D eigenvalue weighted by Crippen LogP contribution is 2.37. The van der Waals surface area contributed by atoms with Gasteiger partial charge in [0.25, 0.3) is 0 Å². The molecule has 0 radical (unpaired) electrons. The zero-order valence-corrected chi connectivity index (χ0v) is 13.5. The van der Waals surface area contributed by atoms with Crippen LogP contribution in [0.3, 0.4) is 0 Å². The molecule has 0 aromatic heterocycles. The van der Waals surface area contributed by atoms with Crippen LogP contribution in [0, 0.1) is 20.8 Å². The topological polar surface area (TPSA) is 21.3 Å². The number of hydrogen-bond donors (Lipinski definition) is 1. The van der Waals surface area contributed by atoms with Crippen molar-refractivity contribution in [2.45, 2.75) is 26.9 Å². The van der Waals surface area contributed by atoms with Crippen molar-refractivity contribution in [3.05, 3.63) is 57.1 Å². The molecule has 3 heteroatoms. The van der Waals surface area contributed by atoms with Crippen molar-refractivity contribution in [2.75, 3.05) is 11.9 Å². The highest BCUT2D eigenvalue weighted by molar-refractivity contribution is 9.10. The zero-order chi connectivity index (χ0) is 14.3. The Hall–Kier alpha value is -1.48. The van der Waals surface area contributed by atoms with Crippen LogP contribution in [-0.2, 0) is 0 Å².